The molecule has 1 aromatic rings. The molecule has 1 saturated carbocycles. The highest BCUT2D eigenvalue weighted by Crippen LogP contribution is 2.43. The summed E-state index contributed by atoms with van der Waals surface area (Å²) in [6.45, 7) is 0.377. The third kappa shape index (κ3) is 2.56. The van der Waals surface area contributed by atoms with Gasteiger partial charge in [-0.3, -0.25) is 0 Å². The summed E-state index contributed by atoms with van der Waals surface area (Å²) in [5.41, 5.74) is 0.967. The van der Waals surface area contributed by atoms with Gasteiger partial charge < -0.3 is 15.2 Å². The summed E-state index contributed by atoms with van der Waals surface area (Å²) in [6.07, 6.45) is 4.91. The minimum atomic E-state index is -0.404. The van der Waals surface area contributed by atoms with Crippen molar-refractivity contribution in [2.45, 2.75) is 19.1 Å². The SMILES string of the molecule is O=C(N[C@H]1[C@H](CO)[C@H]2C=C[C@H]1C2)OCc1ccccc1. The molecule has 1 aromatic carbocycles. The minimum Gasteiger partial charge on any atom is -0.445 e. The normalized spacial score (nSPS) is 30.4. The van der Waals surface area contributed by atoms with Crippen molar-refractivity contribution >= 4 is 6.09 Å². The number of alkyl carbamates (subject to hydrolysis) is 1. The third-order valence-electron chi connectivity index (χ3n) is 4.33. The molecule has 4 heteroatoms. The zero-order valence-corrected chi connectivity index (χ0v) is 11.2. The molecule has 1 amide bonds. The Morgan fingerprint density at radius 1 is 1.25 bits per heavy atom. The molecular weight excluding hydrogens is 254 g/mol. The summed E-state index contributed by atoms with van der Waals surface area (Å²) in [5.74, 6) is 0.847. The number of hydrogen-bond donors (Lipinski definition) is 2. The molecule has 0 aliphatic heterocycles. The Bertz CT molecular complexity index is 500. The van der Waals surface area contributed by atoms with E-state index >= 15 is 0 Å². The van der Waals surface area contributed by atoms with Crippen LogP contribution in [0.15, 0.2) is 42.5 Å². The average Bonchev–Trinajstić information content (AvgIpc) is 3.07. The van der Waals surface area contributed by atoms with Gasteiger partial charge in [-0.25, -0.2) is 4.79 Å². The van der Waals surface area contributed by atoms with Crippen molar-refractivity contribution in [1.82, 2.24) is 5.32 Å². The Hall–Kier alpha value is -1.81. The number of carbonyl (C=O) groups is 1. The molecule has 0 radical (unpaired) electrons. The average molecular weight is 273 g/mol. The van der Waals surface area contributed by atoms with E-state index < -0.39 is 6.09 Å². The molecule has 2 bridgehead atoms. The lowest BCUT2D eigenvalue weighted by Gasteiger charge is -2.26. The van der Waals surface area contributed by atoms with Crippen molar-refractivity contribution in [2.24, 2.45) is 17.8 Å². The number of benzene rings is 1. The molecule has 1 fully saturated rings. The molecular formula is C16H19NO3. The maximum absolute atomic E-state index is 11.9. The van der Waals surface area contributed by atoms with Crippen LogP contribution in [-0.2, 0) is 11.3 Å². The summed E-state index contributed by atoms with van der Waals surface area (Å²) in [5, 5.41) is 12.4. The molecule has 4 nitrogen and oxygen atoms in total. The highest BCUT2D eigenvalue weighted by atomic mass is 16.5. The largest absolute Gasteiger partial charge is 0.445 e. The Labute approximate surface area is 118 Å². The number of carbonyl (C=O) groups excluding carboxylic acids is 1. The molecule has 2 aliphatic carbocycles. The van der Waals surface area contributed by atoms with Crippen LogP contribution in [0.2, 0.25) is 0 Å². The molecule has 4 atom stereocenters. The van der Waals surface area contributed by atoms with Crippen LogP contribution in [0.5, 0.6) is 0 Å². The number of aliphatic hydroxyl groups excluding tert-OH is 1. The Balaban J connectivity index is 1.53. The van der Waals surface area contributed by atoms with Crippen LogP contribution in [0.1, 0.15) is 12.0 Å². The van der Waals surface area contributed by atoms with Crippen molar-refractivity contribution in [3.05, 3.63) is 48.0 Å². The van der Waals surface area contributed by atoms with E-state index in [1.807, 2.05) is 30.3 Å². The summed E-state index contributed by atoms with van der Waals surface area (Å²) in [4.78, 5) is 11.9. The highest BCUT2D eigenvalue weighted by molar-refractivity contribution is 5.68. The first kappa shape index (κ1) is 13.2. The molecule has 0 unspecified atom stereocenters. The van der Waals surface area contributed by atoms with Crippen LogP contribution in [0.25, 0.3) is 0 Å². The van der Waals surface area contributed by atoms with Gasteiger partial charge in [-0.15, -0.1) is 0 Å². The van der Waals surface area contributed by atoms with E-state index in [4.69, 9.17) is 4.74 Å². The van der Waals surface area contributed by atoms with Gasteiger partial charge in [0.25, 0.3) is 0 Å². The van der Waals surface area contributed by atoms with E-state index in [0.717, 1.165) is 12.0 Å². The van der Waals surface area contributed by atoms with Crippen molar-refractivity contribution in [3.63, 3.8) is 0 Å². The van der Waals surface area contributed by atoms with Crippen molar-refractivity contribution in [3.8, 4) is 0 Å². The number of nitrogens with one attached hydrogen (secondary N) is 1. The van der Waals surface area contributed by atoms with Crippen LogP contribution in [0.3, 0.4) is 0 Å². The molecule has 2 aliphatic rings. The molecule has 0 heterocycles. The maximum atomic E-state index is 11.9. The lowest BCUT2D eigenvalue weighted by atomic mass is 9.90. The first-order valence-corrected chi connectivity index (χ1v) is 7.04. The summed E-state index contributed by atoms with van der Waals surface area (Å²) in [7, 11) is 0. The maximum Gasteiger partial charge on any atom is 0.407 e. The van der Waals surface area contributed by atoms with Gasteiger partial charge in [0, 0.05) is 18.6 Å². The zero-order valence-electron chi connectivity index (χ0n) is 11.2. The van der Waals surface area contributed by atoms with Crippen molar-refractivity contribution < 1.29 is 14.6 Å². The van der Waals surface area contributed by atoms with Gasteiger partial charge in [-0.2, -0.15) is 0 Å². The van der Waals surface area contributed by atoms with Gasteiger partial charge >= 0.3 is 6.09 Å². The number of allylic oxidation sites excluding steroid dienone is 1. The summed E-state index contributed by atoms with van der Waals surface area (Å²) in [6, 6.07) is 9.60. The summed E-state index contributed by atoms with van der Waals surface area (Å²) >= 11 is 0. The van der Waals surface area contributed by atoms with Crippen LogP contribution < -0.4 is 5.32 Å². The lowest BCUT2D eigenvalue weighted by Crippen LogP contribution is -2.44. The zero-order chi connectivity index (χ0) is 13.9. The van der Waals surface area contributed by atoms with Gasteiger partial charge in [-0.1, -0.05) is 42.5 Å². The second kappa shape index (κ2) is 5.67. The van der Waals surface area contributed by atoms with E-state index in [1.165, 1.54) is 0 Å². The van der Waals surface area contributed by atoms with Crippen molar-refractivity contribution in [1.29, 1.82) is 0 Å². The number of aliphatic hydroxyl groups is 1. The Morgan fingerprint density at radius 2 is 2.00 bits per heavy atom. The van der Waals surface area contributed by atoms with E-state index in [-0.39, 0.29) is 25.2 Å². The molecule has 2 N–H and O–H groups in total. The lowest BCUT2D eigenvalue weighted by molar-refractivity contribution is 0.122. The van der Waals surface area contributed by atoms with Crippen LogP contribution in [0.4, 0.5) is 4.79 Å². The van der Waals surface area contributed by atoms with Gasteiger partial charge in [0.05, 0.1) is 0 Å². The van der Waals surface area contributed by atoms with Gasteiger partial charge in [-0.05, 0) is 23.8 Å². The van der Waals surface area contributed by atoms with Crippen LogP contribution in [-0.4, -0.2) is 23.8 Å². The van der Waals surface area contributed by atoms with Crippen LogP contribution in [0, 0.1) is 17.8 Å². The second-order valence-corrected chi connectivity index (χ2v) is 5.53. The smallest absolute Gasteiger partial charge is 0.407 e. The standard InChI is InChI=1S/C16H19NO3/c18-9-14-12-6-7-13(8-12)15(14)17-16(19)20-10-11-4-2-1-3-5-11/h1-7,12-15,18H,8-10H2,(H,17,19)/t12-,13-,14+,15+/m0/s1. The van der Waals surface area contributed by atoms with Gasteiger partial charge in [0.1, 0.15) is 6.61 Å². The Morgan fingerprint density at radius 3 is 2.75 bits per heavy atom. The third-order valence-corrected chi connectivity index (χ3v) is 4.33. The van der Waals surface area contributed by atoms with E-state index in [2.05, 4.69) is 17.5 Å². The fourth-order valence-electron chi connectivity index (χ4n) is 3.29. The predicted octanol–water partition coefficient (Wildman–Crippen LogP) is 2.10. The van der Waals surface area contributed by atoms with E-state index in [9.17, 15) is 9.90 Å². The van der Waals surface area contributed by atoms with Gasteiger partial charge in [0.15, 0.2) is 0 Å². The molecule has 20 heavy (non-hydrogen) atoms. The number of fused-ring (bicyclic) bond motifs is 2. The predicted molar refractivity (Wildman–Crippen MR) is 74.9 cm³/mol. The molecule has 106 valence electrons. The minimum absolute atomic E-state index is 0.00160. The molecule has 0 spiro atoms. The number of ether oxygens (including phenoxy) is 1. The van der Waals surface area contributed by atoms with Gasteiger partial charge in [0.2, 0.25) is 0 Å². The monoisotopic (exact) mass is 273 g/mol. The fraction of sp³-hybridized carbons (Fsp3) is 0.438. The van der Waals surface area contributed by atoms with E-state index in [0.29, 0.717) is 11.8 Å². The molecule has 0 aromatic heterocycles. The summed E-state index contributed by atoms with van der Waals surface area (Å²) < 4.78 is 5.23. The molecule has 3 rings (SSSR count). The van der Waals surface area contributed by atoms with E-state index in [1.54, 1.807) is 0 Å². The number of hydrogen-bond acceptors (Lipinski definition) is 3. The first-order valence-electron chi connectivity index (χ1n) is 7.04. The second-order valence-electron chi connectivity index (χ2n) is 5.53. The van der Waals surface area contributed by atoms with Crippen LogP contribution >= 0.6 is 0 Å². The molecule has 0 saturated heterocycles. The quantitative estimate of drug-likeness (QED) is 0.826. The fourth-order valence-corrected chi connectivity index (χ4v) is 3.29. The number of rotatable bonds is 4. The highest BCUT2D eigenvalue weighted by Gasteiger charge is 2.44. The number of amides is 1. The topological polar surface area (TPSA) is 58.6 Å². The first-order chi connectivity index (χ1) is 9.78. The Kier molecular flexibility index (Phi) is 3.74. The van der Waals surface area contributed by atoms with Crippen molar-refractivity contribution in [2.75, 3.05) is 6.61 Å².